The van der Waals surface area contributed by atoms with E-state index in [0.717, 1.165) is 0 Å². The number of ether oxygens (including phenoxy) is 1. The fraction of sp³-hybridized carbons (Fsp3) is 0.462. The van der Waals surface area contributed by atoms with Crippen molar-refractivity contribution >= 4 is 6.09 Å². The number of hydrogen-bond acceptors (Lipinski definition) is 3. The average Bonchev–Trinajstić information content (AvgIpc) is 2.34. The molecule has 4 nitrogen and oxygen atoms in total. The molecule has 0 heterocycles. The van der Waals surface area contributed by atoms with E-state index in [1.54, 1.807) is 6.92 Å². The van der Waals surface area contributed by atoms with E-state index in [2.05, 4.69) is 15.4 Å². The van der Waals surface area contributed by atoms with E-state index in [1.165, 1.54) is 0 Å². The van der Waals surface area contributed by atoms with E-state index in [-0.39, 0.29) is 6.09 Å². The Hall–Kier alpha value is -1.55. The van der Waals surface area contributed by atoms with Crippen LogP contribution in [0.1, 0.15) is 13.8 Å². The topological polar surface area (TPSA) is 50.4 Å². The Morgan fingerprint density at radius 2 is 1.35 bits per heavy atom. The van der Waals surface area contributed by atoms with Crippen molar-refractivity contribution in [3.05, 3.63) is 36.4 Å². The second kappa shape index (κ2) is 16.9. The molecule has 1 rings (SSSR count). The molecule has 2 N–H and O–H groups in total. The lowest BCUT2D eigenvalue weighted by atomic mass is 10.4. The number of alkyl carbamates (subject to hydrolysis) is 1. The Balaban J connectivity index is 0. The highest BCUT2D eigenvalue weighted by Gasteiger charge is 1.92. The van der Waals surface area contributed by atoms with Gasteiger partial charge in [0.1, 0.15) is 0 Å². The number of rotatable bonds is 2. The highest BCUT2D eigenvalue weighted by molar-refractivity contribution is 5.66. The monoisotopic (exact) mass is 240 g/mol. The third-order valence-corrected chi connectivity index (χ3v) is 1.26. The van der Waals surface area contributed by atoms with Crippen LogP contribution in [-0.2, 0) is 4.74 Å². The van der Waals surface area contributed by atoms with E-state index >= 15 is 0 Å². The highest BCUT2D eigenvalue weighted by atomic mass is 16.5. The smallest absolute Gasteiger partial charge is 0.407 e. The van der Waals surface area contributed by atoms with Gasteiger partial charge in [-0.3, -0.25) is 0 Å². The van der Waals surface area contributed by atoms with Gasteiger partial charge >= 0.3 is 6.09 Å². The summed E-state index contributed by atoms with van der Waals surface area (Å²) in [5.74, 6) is 0. The summed E-state index contributed by atoms with van der Waals surface area (Å²) in [4.78, 5) is 10.3. The molecule has 0 aliphatic carbocycles. The van der Waals surface area contributed by atoms with Crippen LogP contribution in [0.3, 0.4) is 0 Å². The molecule has 1 amide bonds. The van der Waals surface area contributed by atoms with Crippen LogP contribution in [-0.4, -0.2) is 33.3 Å². The SMILES string of the molecule is CCNC(=O)OCC.CNC.c1ccccc1. The van der Waals surface area contributed by atoms with Crippen molar-refractivity contribution < 1.29 is 9.53 Å². The molecule has 0 saturated carbocycles. The van der Waals surface area contributed by atoms with E-state index in [0.29, 0.717) is 13.2 Å². The van der Waals surface area contributed by atoms with Crippen LogP contribution in [0.2, 0.25) is 0 Å². The molecule has 0 aliphatic rings. The van der Waals surface area contributed by atoms with Crippen molar-refractivity contribution in [3.63, 3.8) is 0 Å². The minimum Gasteiger partial charge on any atom is -0.450 e. The van der Waals surface area contributed by atoms with Crippen LogP contribution < -0.4 is 10.6 Å². The molecular weight excluding hydrogens is 216 g/mol. The number of nitrogens with one attached hydrogen (secondary N) is 2. The highest BCUT2D eigenvalue weighted by Crippen LogP contribution is 1.79. The molecule has 1 aromatic carbocycles. The van der Waals surface area contributed by atoms with Crippen LogP contribution in [0.15, 0.2) is 36.4 Å². The van der Waals surface area contributed by atoms with Crippen LogP contribution in [0.25, 0.3) is 0 Å². The number of hydrogen-bond donors (Lipinski definition) is 2. The number of amides is 1. The Labute approximate surface area is 104 Å². The van der Waals surface area contributed by atoms with Gasteiger partial charge in [0.25, 0.3) is 0 Å². The molecular formula is C13H24N2O2. The number of benzene rings is 1. The zero-order valence-electron chi connectivity index (χ0n) is 11.2. The quantitative estimate of drug-likeness (QED) is 0.833. The average molecular weight is 240 g/mol. The molecule has 0 fully saturated rings. The summed E-state index contributed by atoms with van der Waals surface area (Å²) < 4.78 is 4.53. The molecule has 0 bridgehead atoms. The second-order valence-corrected chi connectivity index (χ2v) is 2.91. The molecule has 1 aromatic rings. The normalized spacial score (nSPS) is 7.76. The van der Waals surface area contributed by atoms with Crippen LogP contribution >= 0.6 is 0 Å². The summed E-state index contributed by atoms with van der Waals surface area (Å²) in [5, 5.41) is 5.24. The van der Waals surface area contributed by atoms with E-state index < -0.39 is 0 Å². The first-order valence-electron chi connectivity index (χ1n) is 5.71. The van der Waals surface area contributed by atoms with Gasteiger partial charge in [0.05, 0.1) is 6.61 Å². The third-order valence-electron chi connectivity index (χ3n) is 1.26. The Bertz CT molecular complexity index is 206. The molecule has 0 saturated heterocycles. The van der Waals surface area contributed by atoms with Gasteiger partial charge in [0, 0.05) is 6.54 Å². The molecule has 0 radical (unpaired) electrons. The molecule has 17 heavy (non-hydrogen) atoms. The summed E-state index contributed by atoms with van der Waals surface area (Å²) in [5.41, 5.74) is 0. The summed E-state index contributed by atoms with van der Waals surface area (Å²) in [6.07, 6.45) is -0.338. The third kappa shape index (κ3) is 20.5. The van der Waals surface area contributed by atoms with Crippen molar-refractivity contribution in [2.24, 2.45) is 0 Å². The molecule has 0 spiro atoms. The Morgan fingerprint density at radius 1 is 1.00 bits per heavy atom. The minimum atomic E-state index is -0.338. The molecule has 98 valence electrons. The van der Waals surface area contributed by atoms with E-state index in [4.69, 9.17) is 0 Å². The maximum absolute atomic E-state index is 10.3. The fourth-order valence-electron chi connectivity index (χ4n) is 0.711. The first kappa shape index (κ1) is 17.8. The predicted octanol–water partition coefficient (Wildman–Crippen LogP) is 2.27. The van der Waals surface area contributed by atoms with E-state index in [1.807, 2.05) is 57.4 Å². The van der Waals surface area contributed by atoms with Crippen molar-refractivity contribution in [3.8, 4) is 0 Å². The lowest BCUT2D eigenvalue weighted by Crippen LogP contribution is -2.23. The van der Waals surface area contributed by atoms with Gasteiger partial charge in [-0.05, 0) is 27.9 Å². The maximum Gasteiger partial charge on any atom is 0.407 e. The van der Waals surface area contributed by atoms with Crippen molar-refractivity contribution in [1.29, 1.82) is 0 Å². The van der Waals surface area contributed by atoms with E-state index in [9.17, 15) is 4.79 Å². The van der Waals surface area contributed by atoms with Gasteiger partial charge in [-0.25, -0.2) is 4.79 Å². The lowest BCUT2D eigenvalue weighted by molar-refractivity contribution is 0.153. The molecule has 4 heteroatoms. The molecule has 0 aromatic heterocycles. The summed E-state index contributed by atoms with van der Waals surface area (Å²) in [6, 6.07) is 12.0. The van der Waals surface area contributed by atoms with Crippen LogP contribution in [0.4, 0.5) is 4.79 Å². The number of carbonyl (C=O) groups excluding carboxylic acids is 1. The summed E-state index contributed by atoms with van der Waals surface area (Å²) in [7, 11) is 3.75. The summed E-state index contributed by atoms with van der Waals surface area (Å²) >= 11 is 0. The van der Waals surface area contributed by atoms with Gasteiger partial charge < -0.3 is 15.4 Å². The molecule has 0 unspecified atom stereocenters. The number of carbonyl (C=O) groups is 1. The van der Waals surface area contributed by atoms with Gasteiger partial charge in [0.2, 0.25) is 0 Å². The van der Waals surface area contributed by atoms with Crippen LogP contribution in [0.5, 0.6) is 0 Å². The maximum atomic E-state index is 10.3. The second-order valence-electron chi connectivity index (χ2n) is 2.91. The zero-order valence-corrected chi connectivity index (χ0v) is 11.2. The van der Waals surface area contributed by atoms with Gasteiger partial charge in [-0.1, -0.05) is 36.4 Å². The standard InChI is InChI=1S/C6H6.C5H11NO2.C2H7N/c1-2-4-6-5-3-1;1-3-6-5(7)8-4-2;1-3-2/h1-6H;3-4H2,1-2H3,(H,6,7);3H,1-2H3. The van der Waals surface area contributed by atoms with Crippen molar-refractivity contribution in [2.75, 3.05) is 27.2 Å². The zero-order chi connectivity index (χ0) is 13.4. The van der Waals surface area contributed by atoms with Gasteiger partial charge in [-0.15, -0.1) is 0 Å². The Morgan fingerprint density at radius 3 is 1.59 bits per heavy atom. The van der Waals surface area contributed by atoms with Gasteiger partial charge in [-0.2, -0.15) is 0 Å². The fourth-order valence-corrected chi connectivity index (χ4v) is 0.711. The predicted molar refractivity (Wildman–Crippen MR) is 72.1 cm³/mol. The lowest BCUT2D eigenvalue weighted by Gasteiger charge is -1.99. The largest absolute Gasteiger partial charge is 0.450 e. The Kier molecular flexibility index (Phi) is 17.7. The first-order chi connectivity index (χ1) is 8.22. The minimum absolute atomic E-state index is 0.338. The van der Waals surface area contributed by atoms with Crippen molar-refractivity contribution in [2.45, 2.75) is 13.8 Å². The first-order valence-corrected chi connectivity index (χ1v) is 5.71. The summed E-state index contributed by atoms with van der Waals surface area (Å²) in [6.45, 7) is 4.68. The molecule has 0 atom stereocenters. The van der Waals surface area contributed by atoms with Gasteiger partial charge in [0.15, 0.2) is 0 Å². The molecule has 0 aliphatic heterocycles. The van der Waals surface area contributed by atoms with Crippen molar-refractivity contribution in [1.82, 2.24) is 10.6 Å². The van der Waals surface area contributed by atoms with Crippen LogP contribution in [0, 0.1) is 0 Å².